The van der Waals surface area contributed by atoms with Crippen molar-refractivity contribution in [2.45, 2.75) is 445 Å². The van der Waals surface area contributed by atoms with Crippen molar-refractivity contribution in [3.63, 3.8) is 0 Å². The van der Waals surface area contributed by atoms with Gasteiger partial charge in [0.1, 0.15) is 19.3 Å². The van der Waals surface area contributed by atoms with Gasteiger partial charge in [0, 0.05) is 25.7 Å². The largest absolute Gasteiger partial charge is 0.472 e. The number of hydrogen-bond donors (Lipinski definition) is 3. The lowest BCUT2D eigenvalue weighted by Gasteiger charge is -2.21. The zero-order valence-corrected chi connectivity index (χ0v) is 69.6. The molecule has 0 aliphatic rings. The van der Waals surface area contributed by atoms with Crippen LogP contribution in [0.1, 0.15) is 427 Å². The molecule has 0 heterocycles. The number of allylic oxidation sites excluding steroid dienone is 4. The molecular formula is C85H162O17P2. The topological polar surface area (TPSA) is 237 Å². The summed E-state index contributed by atoms with van der Waals surface area (Å²) in [5.41, 5.74) is 0. The number of phosphoric acid groups is 2. The molecular weight excluding hydrogens is 1350 g/mol. The highest BCUT2D eigenvalue weighted by Crippen LogP contribution is 2.45. The van der Waals surface area contributed by atoms with Crippen molar-refractivity contribution < 1.29 is 80.2 Å². The second-order valence-corrected chi connectivity index (χ2v) is 33.7. The molecule has 19 heteroatoms. The molecule has 0 amide bonds. The summed E-state index contributed by atoms with van der Waals surface area (Å²) >= 11 is 0. The molecule has 0 aromatic carbocycles. The van der Waals surface area contributed by atoms with Crippen molar-refractivity contribution in [1.29, 1.82) is 0 Å². The Bertz CT molecular complexity index is 2090. The highest BCUT2D eigenvalue weighted by Gasteiger charge is 2.30. The van der Waals surface area contributed by atoms with Crippen LogP contribution in [0, 0.1) is 11.8 Å². The molecule has 2 unspecified atom stereocenters. The van der Waals surface area contributed by atoms with Crippen LogP contribution in [-0.4, -0.2) is 96.7 Å². The molecule has 104 heavy (non-hydrogen) atoms. The third kappa shape index (κ3) is 77.7. The fourth-order valence-electron chi connectivity index (χ4n) is 12.7. The monoisotopic (exact) mass is 1520 g/mol. The Morgan fingerprint density at radius 3 is 0.788 bits per heavy atom. The minimum atomic E-state index is -4.97. The molecule has 0 spiro atoms. The van der Waals surface area contributed by atoms with Gasteiger partial charge in [-0.3, -0.25) is 37.3 Å². The molecule has 0 bridgehead atoms. The van der Waals surface area contributed by atoms with Gasteiger partial charge < -0.3 is 33.8 Å². The van der Waals surface area contributed by atoms with Crippen LogP contribution >= 0.6 is 15.6 Å². The summed E-state index contributed by atoms with van der Waals surface area (Å²) in [4.78, 5) is 73.1. The summed E-state index contributed by atoms with van der Waals surface area (Å²) in [7, 11) is -9.94. The normalized spacial score (nSPS) is 14.0. The van der Waals surface area contributed by atoms with E-state index in [0.29, 0.717) is 31.6 Å². The minimum Gasteiger partial charge on any atom is -0.462 e. The van der Waals surface area contributed by atoms with Crippen LogP contribution in [0.4, 0.5) is 0 Å². The van der Waals surface area contributed by atoms with Gasteiger partial charge in [-0.2, -0.15) is 0 Å². The van der Waals surface area contributed by atoms with Crippen LogP contribution in [0.2, 0.25) is 0 Å². The van der Waals surface area contributed by atoms with Gasteiger partial charge in [0.2, 0.25) is 0 Å². The van der Waals surface area contributed by atoms with E-state index in [4.69, 9.17) is 37.0 Å². The number of esters is 4. The maximum Gasteiger partial charge on any atom is 0.472 e. The molecule has 0 aliphatic carbocycles. The average molecular weight is 1520 g/mol. The molecule has 0 aromatic rings. The van der Waals surface area contributed by atoms with E-state index in [1.54, 1.807) is 0 Å². The molecule has 0 aliphatic heterocycles. The van der Waals surface area contributed by atoms with Crippen LogP contribution in [-0.2, 0) is 65.4 Å². The van der Waals surface area contributed by atoms with E-state index >= 15 is 0 Å². The molecule has 614 valence electrons. The summed E-state index contributed by atoms with van der Waals surface area (Å²) in [6.45, 7) is 9.53. The number of ether oxygens (including phenoxy) is 4. The van der Waals surface area contributed by atoms with Crippen LogP contribution in [0.25, 0.3) is 0 Å². The molecule has 0 aromatic heterocycles. The van der Waals surface area contributed by atoms with E-state index in [1.165, 1.54) is 225 Å². The first kappa shape index (κ1) is 102. The van der Waals surface area contributed by atoms with Gasteiger partial charge in [0.25, 0.3) is 0 Å². The Morgan fingerprint density at radius 1 is 0.298 bits per heavy atom. The first-order chi connectivity index (χ1) is 50.4. The molecule has 0 radical (unpaired) electrons. The number of rotatable bonds is 82. The number of unbranched alkanes of at least 4 members (excludes halogenated alkanes) is 49. The van der Waals surface area contributed by atoms with Gasteiger partial charge in [-0.1, -0.05) is 374 Å². The van der Waals surface area contributed by atoms with E-state index in [9.17, 15) is 43.2 Å². The maximum atomic E-state index is 13.1. The SMILES string of the molecule is CCCCCC/C=C\C=C/CCCCCCCC(=O)O[C@H](COC(=O)CCCCCCCCC(C)C)COP(=O)(O)OC[C@H](O)COP(=O)(O)OC[C@@H](COC(=O)CCCCCCCCCCCCCCCCCC(C)C)OC(=O)CCCCCCCCCCCCCCCCCCCCCCCC. The van der Waals surface area contributed by atoms with E-state index in [1.807, 2.05) is 0 Å². The first-order valence-electron chi connectivity index (χ1n) is 43.3. The highest BCUT2D eigenvalue weighted by molar-refractivity contribution is 7.47. The number of aliphatic hydroxyl groups is 1. The van der Waals surface area contributed by atoms with Gasteiger partial charge in [0.15, 0.2) is 12.2 Å². The standard InChI is InChI=1S/C85H162O17P2/c1-7-9-11-13-15-17-19-21-23-24-25-26-27-28-29-33-38-42-46-50-58-64-69-84(89)101-80(73-95-82(87)67-61-55-48-44-40-36-34-30-32-35-39-43-47-53-59-65-77(3)4)75-99-103(91,92)97-71-79(86)72-98-104(93,94)100-76-81(74-96-83(88)68-62-56-52-51-54-60-66-78(5)6)102-85(90)70-63-57-49-45-41-37-31-22-20-18-16-14-12-10-8-2/h18,20,22,31,77-81,86H,7-17,19,21,23-30,32-76H2,1-6H3,(H,91,92)(H,93,94)/b20-18-,31-22-/t79-,80-,81-/m1/s1. The smallest absolute Gasteiger partial charge is 0.462 e. The Hall–Kier alpha value is -2.46. The van der Waals surface area contributed by atoms with Crippen molar-refractivity contribution in [3.8, 4) is 0 Å². The van der Waals surface area contributed by atoms with Crippen molar-refractivity contribution in [2.24, 2.45) is 11.8 Å². The highest BCUT2D eigenvalue weighted by atomic mass is 31.2. The number of aliphatic hydroxyl groups excluding tert-OH is 1. The van der Waals surface area contributed by atoms with Crippen LogP contribution in [0.5, 0.6) is 0 Å². The van der Waals surface area contributed by atoms with Crippen molar-refractivity contribution >= 4 is 39.5 Å². The van der Waals surface area contributed by atoms with Gasteiger partial charge >= 0.3 is 39.5 Å². The summed E-state index contributed by atoms with van der Waals surface area (Å²) in [5, 5.41) is 10.7. The number of carbonyl (C=O) groups excluding carboxylic acids is 4. The number of phosphoric ester groups is 2. The fraction of sp³-hybridized carbons (Fsp3) is 0.906. The fourth-order valence-corrected chi connectivity index (χ4v) is 14.3. The molecule has 0 fully saturated rings. The average Bonchev–Trinajstić information content (AvgIpc) is 0.905. The molecule has 3 N–H and O–H groups in total. The Balaban J connectivity index is 5.23. The predicted octanol–water partition coefficient (Wildman–Crippen LogP) is 25.4. The van der Waals surface area contributed by atoms with Crippen LogP contribution < -0.4 is 0 Å². The second-order valence-electron chi connectivity index (χ2n) is 30.8. The lowest BCUT2D eigenvalue weighted by Crippen LogP contribution is -2.30. The third-order valence-electron chi connectivity index (χ3n) is 19.3. The van der Waals surface area contributed by atoms with E-state index in [-0.39, 0.29) is 25.7 Å². The molecule has 0 saturated heterocycles. The van der Waals surface area contributed by atoms with Gasteiger partial charge in [-0.15, -0.1) is 0 Å². The Kier molecular flexibility index (Phi) is 74.1. The van der Waals surface area contributed by atoms with Crippen LogP contribution in [0.3, 0.4) is 0 Å². The number of hydrogen-bond acceptors (Lipinski definition) is 15. The van der Waals surface area contributed by atoms with Gasteiger partial charge in [-0.25, -0.2) is 9.13 Å². The molecule has 5 atom stereocenters. The summed E-state index contributed by atoms with van der Waals surface area (Å²) in [6, 6.07) is 0. The lowest BCUT2D eigenvalue weighted by molar-refractivity contribution is -0.161. The molecule has 0 saturated carbocycles. The maximum absolute atomic E-state index is 13.1. The summed E-state index contributed by atoms with van der Waals surface area (Å²) < 4.78 is 68.7. The second kappa shape index (κ2) is 75.9. The summed E-state index contributed by atoms with van der Waals surface area (Å²) in [6.07, 6.45) is 70.6. The zero-order valence-electron chi connectivity index (χ0n) is 67.8. The molecule has 17 nitrogen and oxygen atoms in total. The Morgan fingerprint density at radius 2 is 0.519 bits per heavy atom. The zero-order chi connectivity index (χ0) is 76.4. The van der Waals surface area contributed by atoms with Gasteiger partial charge in [0.05, 0.1) is 26.4 Å². The van der Waals surface area contributed by atoms with Crippen molar-refractivity contribution in [2.75, 3.05) is 39.6 Å². The van der Waals surface area contributed by atoms with Crippen molar-refractivity contribution in [1.82, 2.24) is 0 Å². The quantitative estimate of drug-likeness (QED) is 0.0169. The lowest BCUT2D eigenvalue weighted by atomic mass is 10.0. The van der Waals surface area contributed by atoms with Crippen molar-refractivity contribution in [3.05, 3.63) is 24.3 Å². The van der Waals surface area contributed by atoms with E-state index in [0.717, 1.165) is 115 Å². The minimum absolute atomic E-state index is 0.0842. The Labute approximate surface area is 637 Å². The molecule has 0 rings (SSSR count). The van der Waals surface area contributed by atoms with Gasteiger partial charge in [-0.05, 0) is 63.2 Å². The third-order valence-corrected chi connectivity index (χ3v) is 21.2. The summed E-state index contributed by atoms with van der Waals surface area (Å²) in [5.74, 6) is -0.657. The van der Waals surface area contributed by atoms with Crippen LogP contribution in [0.15, 0.2) is 24.3 Å². The van der Waals surface area contributed by atoms with E-state index in [2.05, 4.69) is 65.8 Å². The van der Waals surface area contributed by atoms with E-state index < -0.39 is 97.5 Å². The number of carbonyl (C=O) groups is 4. The first-order valence-corrected chi connectivity index (χ1v) is 46.3. The predicted molar refractivity (Wildman–Crippen MR) is 427 cm³/mol.